The molecule has 0 N–H and O–H groups in total. The summed E-state index contributed by atoms with van der Waals surface area (Å²) in [4.78, 5) is 4.51. The van der Waals surface area contributed by atoms with E-state index in [0.29, 0.717) is 29.0 Å². The van der Waals surface area contributed by atoms with Crippen molar-refractivity contribution in [1.29, 1.82) is 0 Å². The molecular weight excluding hydrogens is 434 g/mol. The van der Waals surface area contributed by atoms with Crippen molar-refractivity contribution in [3.8, 4) is 22.8 Å². The van der Waals surface area contributed by atoms with E-state index in [4.69, 9.17) is 20.9 Å². The van der Waals surface area contributed by atoms with E-state index < -0.39 is 0 Å². The first kappa shape index (κ1) is 20.2. The van der Waals surface area contributed by atoms with Crippen LogP contribution in [-0.2, 0) is 17.0 Å². The molecule has 4 aromatic rings. The first-order chi connectivity index (χ1) is 15.3. The van der Waals surface area contributed by atoms with Crippen molar-refractivity contribution in [3.05, 3.63) is 65.5 Å². The Hall–Kier alpha value is -2.68. The number of ether oxygens (including phenoxy) is 1. The van der Waals surface area contributed by atoms with Gasteiger partial charge in [0.1, 0.15) is 0 Å². The van der Waals surface area contributed by atoms with Gasteiger partial charge >= 0.3 is 0 Å². The zero-order valence-corrected chi connectivity index (χ0v) is 18.2. The maximum absolute atomic E-state index is 6.06. The third kappa shape index (κ3) is 4.66. The highest BCUT2D eigenvalue weighted by molar-refractivity contribution is 7.98. The highest BCUT2D eigenvalue weighted by Crippen LogP contribution is 2.29. The molecule has 9 heteroatoms. The van der Waals surface area contributed by atoms with Crippen LogP contribution in [0.3, 0.4) is 0 Å². The first-order valence-corrected chi connectivity index (χ1v) is 11.4. The van der Waals surface area contributed by atoms with Gasteiger partial charge in [0.05, 0.1) is 18.4 Å². The molecule has 31 heavy (non-hydrogen) atoms. The van der Waals surface area contributed by atoms with E-state index in [-0.39, 0.29) is 6.10 Å². The quantitative estimate of drug-likeness (QED) is 0.359. The molecule has 158 valence electrons. The van der Waals surface area contributed by atoms with E-state index in [9.17, 15) is 0 Å². The highest BCUT2D eigenvalue weighted by atomic mass is 35.5. The Kier molecular flexibility index (Phi) is 6.01. The van der Waals surface area contributed by atoms with Gasteiger partial charge in [0.2, 0.25) is 11.7 Å². The van der Waals surface area contributed by atoms with Crippen molar-refractivity contribution in [2.45, 2.75) is 36.4 Å². The third-order valence-electron chi connectivity index (χ3n) is 5.05. The number of hydrogen-bond donors (Lipinski definition) is 0. The maximum atomic E-state index is 6.06. The lowest BCUT2D eigenvalue weighted by molar-refractivity contribution is 0.0953. The molecule has 0 aliphatic carbocycles. The number of nitrogens with zero attached hydrogens (tertiary/aromatic N) is 5. The minimum absolute atomic E-state index is 0.162. The van der Waals surface area contributed by atoms with Crippen LogP contribution in [0.15, 0.2) is 64.3 Å². The maximum Gasteiger partial charge on any atom is 0.237 e. The van der Waals surface area contributed by atoms with E-state index >= 15 is 0 Å². The summed E-state index contributed by atoms with van der Waals surface area (Å²) < 4.78 is 13.4. The molecule has 1 aliphatic rings. The molecule has 0 radical (unpaired) electrons. The van der Waals surface area contributed by atoms with Gasteiger partial charge in [-0.15, -0.1) is 10.2 Å². The fourth-order valence-electron chi connectivity index (χ4n) is 3.51. The molecule has 5 rings (SSSR count). The van der Waals surface area contributed by atoms with Gasteiger partial charge in [0.25, 0.3) is 0 Å². The zero-order chi connectivity index (χ0) is 21.0. The van der Waals surface area contributed by atoms with Gasteiger partial charge in [0.15, 0.2) is 11.0 Å². The Morgan fingerprint density at radius 3 is 2.65 bits per heavy atom. The standard InChI is InChI=1S/C22H20ClN5O2S/c23-17-10-8-16(9-11-17)21-25-26-22(28(21)13-18-7-4-12-29-18)31-14-19-24-20(27-30-19)15-5-2-1-3-6-15/h1-3,5-6,8-11,18H,4,7,12-14H2. The molecule has 0 bridgehead atoms. The summed E-state index contributed by atoms with van der Waals surface area (Å²) >= 11 is 7.58. The van der Waals surface area contributed by atoms with Crippen LogP contribution >= 0.6 is 23.4 Å². The van der Waals surface area contributed by atoms with E-state index in [1.54, 1.807) is 0 Å². The minimum atomic E-state index is 0.162. The lowest BCUT2D eigenvalue weighted by Gasteiger charge is -2.14. The predicted molar refractivity (Wildman–Crippen MR) is 119 cm³/mol. The van der Waals surface area contributed by atoms with Gasteiger partial charge in [-0.2, -0.15) is 4.98 Å². The van der Waals surface area contributed by atoms with Gasteiger partial charge < -0.3 is 9.26 Å². The normalized spacial score (nSPS) is 16.1. The molecule has 1 saturated heterocycles. The summed E-state index contributed by atoms with van der Waals surface area (Å²) in [6.07, 6.45) is 2.27. The molecule has 7 nitrogen and oxygen atoms in total. The predicted octanol–water partition coefficient (Wildman–Crippen LogP) is 5.12. The Labute approximate surface area is 188 Å². The van der Waals surface area contributed by atoms with Gasteiger partial charge in [0, 0.05) is 22.8 Å². The van der Waals surface area contributed by atoms with Crippen LogP contribution in [0.5, 0.6) is 0 Å². The Bertz CT molecular complexity index is 1140. The topological polar surface area (TPSA) is 78.9 Å². The number of hydrogen-bond acceptors (Lipinski definition) is 7. The summed E-state index contributed by atoms with van der Waals surface area (Å²) in [5, 5.41) is 14.5. The van der Waals surface area contributed by atoms with Crippen LogP contribution in [0.2, 0.25) is 5.02 Å². The summed E-state index contributed by atoms with van der Waals surface area (Å²) in [6.45, 7) is 1.50. The van der Waals surface area contributed by atoms with Gasteiger partial charge in [-0.05, 0) is 37.1 Å². The van der Waals surface area contributed by atoms with E-state index in [0.717, 1.165) is 41.6 Å². The van der Waals surface area contributed by atoms with Crippen molar-refractivity contribution in [2.75, 3.05) is 6.61 Å². The number of thioether (sulfide) groups is 1. The summed E-state index contributed by atoms with van der Waals surface area (Å²) in [5.41, 5.74) is 1.89. The average molecular weight is 454 g/mol. The summed E-state index contributed by atoms with van der Waals surface area (Å²) in [7, 11) is 0. The molecular formula is C22H20ClN5O2S. The average Bonchev–Trinajstić information content (AvgIpc) is 3.56. The Morgan fingerprint density at radius 2 is 1.87 bits per heavy atom. The smallest absolute Gasteiger partial charge is 0.237 e. The van der Waals surface area contributed by atoms with Crippen LogP contribution in [0.4, 0.5) is 0 Å². The second kappa shape index (κ2) is 9.21. The van der Waals surface area contributed by atoms with Gasteiger partial charge in [-0.1, -0.05) is 58.9 Å². The van der Waals surface area contributed by atoms with Crippen molar-refractivity contribution in [2.24, 2.45) is 0 Å². The number of halogens is 1. The lowest BCUT2D eigenvalue weighted by atomic mass is 10.2. The van der Waals surface area contributed by atoms with Crippen LogP contribution in [0.1, 0.15) is 18.7 Å². The van der Waals surface area contributed by atoms with Crippen LogP contribution in [-0.4, -0.2) is 37.6 Å². The molecule has 0 amide bonds. The first-order valence-electron chi connectivity index (χ1n) is 10.1. The molecule has 0 saturated carbocycles. The molecule has 0 spiro atoms. The van der Waals surface area contributed by atoms with E-state index in [1.165, 1.54) is 11.8 Å². The molecule has 2 aromatic carbocycles. The van der Waals surface area contributed by atoms with Crippen LogP contribution in [0, 0.1) is 0 Å². The van der Waals surface area contributed by atoms with E-state index in [2.05, 4.69) is 24.9 Å². The van der Waals surface area contributed by atoms with Crippen molar-refractivity contribution in [3.63, 3.8) is 0 Å². The largest absolute Gasteiger partial charge is 0.376 e. The molecule has 3 heterocycles. The molecule has 1 aliphatic heterocycles. The second-order valence-electron chi connectivity index (χ2n) is 7.23. The Morgan fingerprint density at radius 1 is 1.03 bits per heavy atom. The SMILES string of the molecule is Clc1ccc(-c2nnc(SCc3nc(-c4ccccc4)no3)n2CC2CCCO2)cc1. The van der Waals surface area contributed by atoms with Crippen molar-refractivity contribution < 1.29 is 9.26 Å². The third-order valence-corrected chi connectivity index (χ3v) is 6.26. The molecule has 1 atom stereocenters. The van der Waals surface area contributed by atoms with Gasteiger partial charge in [-0.3, -0.25) is 4.57 Å². The molecule has 1 unspecified atom stereocenters. The fraction of sp³-hybridized carbons (Fsp3) is 0.273. The summed E-state index contributed by atoms with van der Waals surface area (Å²) in [6, 6.07) is 17.4. The van der Waals surface area contributed by atoms with Crippen molar-refractivity contribution >= 4 is 23.4 Å². The number of benzene rings is 2. The molecule has 2 aromatic heterocycles. The number of rotatable bonds is 7. The fourth-order valence-corrected chi connectivity index (χ4v) is 4.42. The zero-order valence-electron chi connectivity index (χ0n) is 16.6. The summed E-state index contributed by atoms with van der Waals surface area (Å²) in [5.74, 6) is 2.43. The van der Waals surface area contributed by atoms with E-state index in [1.807, 2.05) is 54.6 Å². The van der Waals surface area contributed by atoms with Crippen LogP contribution < -0.4 is 0 Å². The van der Waals surface area contributed by atoms with Crippen LogP contribution in [0.25, 0.3) is 22.8 Å². The highest BCUT2D eigenvalue weighted by Gasteiger charge is 2.22. The van der Waals surface area contributed by atoms with Gasteiger partial charge in [-0.25, -0.2) is 0 Å². The lowest BCUT2D eigenvalue weighted by Crippen LogP contribution is -2.16. The number of aromatic nitrogens is 5. The monoisotopic (exact) mass is 453 g/mol. The minimum Gasteiger partial charge on any atom is -0.376 e. The molecule has 1 fully saturated rings. The second-order valence-corrected chi connectivity index (χ2v) is 8.60. The van der Waals surface area contributed by atoms with Crippen molar-refractivity contribution in [1.82, 2.24) is 24.9 Å². The Balaban J connectivity index is 1.37.